The van der Waals surface area contributed by atoms with Crippen molar-refractivity contribution in [2.24, 2.45) is 0 Å². The van der Waals surface area contributed by atoms with E-state index in [0.717, 1.165) is 45.0 Å². The lowest BCUT2D eigenvalue weighted by molar-refractivity contribution is 0.155. The van der Waals surface area contributed by atoms with Gasteiger partial charge in [-0.15, -0.1) is 10.2 Å². The van der Waals surface area contributed by atoms with Crippen LogP contribution in [-0.2, 0) is 6.42 Å². The molecule has 0 aliphatic carbocycles. The third kappa shape index (κ3) is 2.49. The number of aromatic nitrogens is 4. The van der Waals surface area contributed by atoms with Gasteiger partial charge in [0.1, 0.15) is 0 Å². The number of piperazine rings is 1. The average molecular weight is 196 g/mol. The molecule has 6 heteroatoms. The molecule has 0 atom stereocenters. The zero-order valence-corrected chi connectivity index (χ0v) is 8.48. The van der Waals surface area contributed by atoms with Crippen molar-refractivity contribution in [1.82, 2.24) is 30.4 Å². The van der Waals surface area contributed by atoms with Crippen LogP contribution in [0.5, 0.6) is 0 Å². The highest BCUT2D eigenvalue weighted by molar-refractivity contribution is 4.79. The van der Waals surface area contributed by atoms with Crippen molar-refractivity contribution in [2.45, 2.75) is 6.42 Å². The van der Waals surface area contributed by atoms with E-state index in [4.69, 9.17) is 0 Å². The molecule has 2 heterocycles. The molecule has 1 saturated heterocycles. The Balaban J connectivity index is 1.71. The number of nitrogens with zero attached hydrogens (tertiary/aromatic N) is 5. The number of rotatable bonds is 3. The van der Waals surface area contributed by atoms with E-state index in [9.17, 15) is 0 Å². The molecule has 78 valence electrons. The summed E-state index contributed by atoms with van der Waals surface area (Å²) < 4.78 is 0. The molecular formula is C8H16N6. The van der Waals surface area contributed by atoms with E-state index in [-0.39, 0.29) is 0 Å². The molecule has 1 aromatic rings. The fourth-order valence-electron chi connectivity index (χ4n) is 1.62. The van der Waals surface area contributed by atoms with Crippen LogP contribution in [0.4, 0.5) is 0 Å². The van der Waals surface area contributed by atoms with E-state index in [1.54, 1.807) is 0 Å². The smallest absolute Gasteiger partial charge is 0.175 e. The summed E-state index contributed by atoms with van der Waals surface area (Å²) in [5.74, 6) is 0.809. The van der Waals surface area contributed by atoms with Crippen molar-refractivity contribution in [3.05, 3.63) is 5.82 Å². The van der Waals surface area contributed by atoms with Gasteiger partial charge in [0.05, 0.1) is 0 Å². The molecule has 1 N–H and O–H groups in total. The SMILES string of the molecule is CN1CCN(CCc2nn[nH]n2)CC1. The minimum absolute atomic E-state index is 0.809. The Hall–Kier alpha value is -1.01. The standard InChI is InChI=1S/C8H16N6/c1-13-4-6-14(7-5-13)3-2-8-9-11-12-10-8/h2-7H2,1H3,(H,9,10,11,12). The van der Waals surface area contributed by atoms with Gasteiger partial charge in [-0.25, -0.2) is 0 Å². The number of hydrogen-bond acceptors (Lipinski definition) is 5. The van der Waals surface area contributed by atoms with Crippen LogP contribution in [0.1, 0.15) is 5.82 Å². The lowest BCUT2D eigenvalue weighted by Gasteiger charge is -2.31. The number of hydrogen-bond donors (Lipinski definition) is 1. The third-order valence-electron chi connectivity index (χ3n) is 2.64. The summed E-state index contributed by atoms with van der Waals surface area (Å²) in [6.45, 7) is 5.65. The molecule has 2 rings (SSSR count). The number of aromatic amines is 1. The van der Waals surface area contributed by atoms with Crippen LogP contribution >= 0.6 is 0 Å². The Morgan fingerprint density at radius 2 is 2.07 bits per heavy atom. The van der Waals surface area contributed by atoms with E-state index >= 15 is 0 Å². The summed E-state index contributed by atoms with van der Waals surface area (Å²) in [5.41, 5.74) is 0. The maximum absolute atomic E-state index is 3.93. The van der Waals surface area contributed by atoms with Crippen molar-refractivity contribution < 1.29 is 0 Å². The van der Waals surface area contributed by atoms with Gasteiger partial charge in [-0.2, -0.15) is 5.21 Å². The van der Waals surface area contributed by atoms with Crippen LogP contribution in [0.3, 0.4) is 0 Å². The highest BCUT2D eigenvalue weighted by Crippen LogP contribution is 2.00. The summed E-state index contributed by atoms with van der Waals surface area (Å²) in [6, 6.07) is 0. The Morgan fingerprint density at radius 1 is 1.29 bits per heavy atom. The molecule has 0 amide bonds. The fourth-order valence-corrected chi connectivity index (χ4v) is 1.62. The minimum Gasteiger partial charge on any atom is -0.304 e. The second-order valence-corrected chi connectivity index (χ2v) is 3.72. The monoisotopic (exact) mass is 196 g/mol. The lowest BCUT2D eigenvalue weighted by Crippen LogP contribution is -2.45. The van der Waals surface area contributed by atoms with Crippen LogP contribution in [0.2, 0.25) is 0 Å². The predicted molar refractivity (Wildman–Crippen MR) is 51.8 cm³/mol. The fraction of sp³-hybridized carbons (Fsp3) is 0.875. The first kappa shape index (κ1) is 9.54. The van der Waals surface area contributed by atoms with Gasteiger partial charge in [-0.3, -0.25) is 0 Å². The molecule has 0 spiro atoms. The Morgan fingerprint density at radius 3 is 2.71 bits per heavy atom. The van der Waals surface area contributed by atoms with Crippen LogP contribution < -0.4 is 0 Å². The first-order valence-electron chi connectivity index (χ1n) is 4.98. The number of nitrogens with one attached hydrogen (secondary N) is 1. The van der Waals surface area contributed by atoms with E-state index in [1.807, 2.05) is 0 Å². The maximum Gasteiger partial charge on any atom is 0.175 e. The largest absolute Gasteiger partial charge is 0.304 e. The van der Waals surface area contributed by atoms with Crippen molar-refractivity contribution in [3.8, 4) is 0 Å². The molecule has 1 aliphatic rings. The van der Waals surface area contributed by atoms with Gasteiger partial charge in [-0.05, 0) is 7.05 Å². The summed E-state index contributed by atoms with van der Waals surface area (Å²) in [7, 11) is 2.16. The molecule has 0 unspecified atom stereocenters. The Labute approximate surface area is 83.3 Å². The van der Waals surface area contributed by atoms with Gasteiger partial charge in [-0.1, -0.05) is 5.21 Å². The van der Waals surface area contributed by atoms with Crippen LogP contribution in [0, 0.1) is 0 Å². The number of H-pyrrole nitrogens is 1. The molecule has 1 fully saturated rings. The van der Waals surface area contributed by atoms with Crippen LogP contribution in [-0.4, -0.2) is 70.2 Å². The molecule has 1 aliphatic heterocycles. The zero-order chi connectivity index (χ0) is 9.80. The van der Waals surface area contributed by atoms with Gasteiger partial charge in [0.2, 0.25) is 0 Å². The molecule has 0 radical (unpaired) electrons. The number of tetrazole rings is 1. The van der Waals surface area contributed by atoms with Crippen molar-refractivity contribution >= 4 is 0 Å². The van der Waals surface area contributed by atoms with Gasteiger partial charge in [0.25, 0.3) is 0 Å². The highest BCUT2D eigenvalue weighted by atomic mass is 15.5. The van der Waals surface area contributed by atoms with Crippen molar-refractivity contribution in [3.63, 3.8) is 0 Å². The molecule has 6 nitrogen and oxygen atoms in total. The topological polar surface area (TPSA) is 60.9 Å². The quantitative estimate of drug-likeness (QED) is 0.671. The van der Waals surface area contributed by atoms with E-state index in [1.165, 1.54) is 0 Å². The molecular weight excluding hydrogens is 180 g/mol. The highest BCUT2D eigenvalue weighted by Gasteiger charge is 2.13. The first-order valence-corrected chi connectivity index (χ1v) is 4.98. The lowest BCUT2D eigenvalue weighted by atomic mass is 10.3. The maximum atomic E-state index is 3.93. The molecule has 1 aromatic heterocycles. The Kier molecular flexibility index (Phi) is 3.05. The van der Waals surface area contributed by atoms with Crippen molar-refractivity contribution in [1.29, 1.82) is 0 Å². The van der Waals surface area contributed by atoms with E-state index < -0.39 is 0 Å². The summed E-state index contributed by atoms with van der Waals surface area (Å²) in [4.78, 5) is 4.79. The van der Waals surface area contributed by atoms with E-state index in [0.29, 0.717) is 0 Å². The van der Waals surface area contributed by atoms with Crippen LogP contribution in [0.25, 0.3) is 0 Å². The van der Waals surface area contributed by atoms with Gasteiger partial charge in [0, 0.05) is 39.1 Å². The number of likely N-dealkylation sites (N-methyl/N-ethyl adjacent to an activating group) is 1. The summed E-state index contributed by atoms with van der Waals surface area (Å²) in [5, 5.41) is 13.9. The average Bonchev–Trinajstić information content (AvgIpc) is 2.70. The van der Waals surface area contributed by atoms with E-state index in [2.05, 4.69) is 37.5 Å². The van der Waals surface area contributed by atoms with Gasteiger partial charge in [0.15, 0.2) is 5.82 Å². The predicted octanol–water partition coefficient (Wildman–Crippen LogP) is -1.01. The first-order chi connectivity index (χ1) is 6.84. The van der Waals surface area contributed by atoms with Crippen molar-refractivity contribution in [2.75, 3.05) is 39.8 Å². The second-order valence-electron chi connectivity index (χ2n) is 3.72. The minimum atomic E-state index is 0.809. The van der Waals surface area contributed by atoms with Crippen LogP contribution in [0.15, 0.2) is 0 Å². The summed E-state index contributed by atoms with van der Waals surface area (Å²) >= 11 is 0. The zero-order valence-electron chi connectivity index (χ0n) is 8.48. The molecule has 0 aromatic carbocycles. The molecule has 0 saturated carbocycles. The third-order valence-corrected chi connectivity index (χ3v) is 2.64. The summed E-state index contributed by atoms with van der Waals surface area (Å²) in [6.07, 6.45) is 0.889. The normalized spacial score (nSPS) is 20.1. The second kappa shape index (κ2) is 4.47. The Bertz CT molecular complexity index is 251. The molecule has 14 heavy (non-hydrogen) atoms. The van der Waals surface area contributed by atoms with Gasteiger partial charge >= 0.3 is 0 Å². The van der Waals surface area contributed by atoms with Gasteiger partial charge < -0.3 is 9.80 Å². The molecule has 0 bridgehead atoms.